The number of aromatic nitrogens is 1. The number of hydrogen-bond acceptors (Lipinski definition) is 4. The van der Waals surface area contributed by atoms with Crippen LogP contribution in [0.15, 0.2) is 18.3 Å². The molecule has 1 saturated heterocycles. The second-order valence-corrected chi connectivity index (χ2v) is 6.47. The van der Waals surface area contributed by atoms with E-state index < -0.39 is 0 Å². The summed E-state index contributed by atoms with van der Waals surface area (Å²) in [5.41, 5.74) is 6.81. The molecular formula is C17H28Cl2N4O. The maximum absolute atomic E-state index is 12.3. The lowest BCUT2D eigenvalue weighted by molar-refractivity contribution is -0.126. The van der Waals surface area contributed by atoms with Gasteiger partial charge in [0.1, 0.15) is 5.82 Å². The van der Waals surface area contributed by atoms with Gasteiger partial charge in [0.2, 0.25) is 5.91 Å². The number of carbonyl (C=O) groups excluding carboxylic acids is 1. The number of nitrogens with zero attached hydrogens (tertiary/aromatic N) is 2. The minimum atomic E-state index is 0. The van der Waals surface area contributed by atoms with Crippen molar-refractivity contribution in [2.45, 2.75) is 38.6 Å². The van der Waals surface area contributed by atoms with Gasteiger partial charge in [0.05, 0.1) is 0 Å². The molecule has 0 unspecified atom stereocenters. The van der Waals surface area contributed by atoms with E-state index in [4.69, 9.17) is 5.73 Å². The minimum Gasteiger partial charge on any atom is -0.357 e. The third kappa shape index (κ3) is 4.98. The van der Waals surface area contributed by atoms with Crippen molar-refractivity contribution < 1.29 is 4.79 Å². The summed E-state index contributed by atoms with van der Waals surface area (Å²) < 4.78 is 0. The molecule has 3 N–H and O–H groups in total. The van der Waals surface area contributed by atoms with Crippen LogP contribution in [0.1, 0.15) is 37.7 Å². The van der Waals surface area contributed by atoms with Crippen molar-refractivity contribution in [3.8, 4) is 0 Å². The van der Waals surface area contributed by atoms with E-state index in [9.17, 15) is 4.79 Å². The molecule has 0 radical (unpaired) electrons. The minimum absolute atomic E-state index is 0. The van der Waals surface area contributed by atoms with Crippen LogP contribution in [-0.4, -0.2) is 30.5 Å². The van der Waals surface area contributed by atoms with Crippen LogP contribution in [0.25, 0.3) is 0 Å². The second-order valence-electron chi connectivity index (χ2n) is 6.47. The molecule has 2 atom stereocenters. The van der Waals surface area contributed by atoms with Gasteiger partial charge in [-0.2, -0.15) is 0 Å². The normalized spacial score (nSPS) is 22.6. The summed E-state index contributed by atoms with van der Waals surface area (Å²) in [7, 11) is 0. The Kier molecular flexibility index (Phi) is 8.81. The average Bonchev–Trinajstić information content (AvgIpc) is 3.24. The molecule has 1 aromatic heterocycles. The Balaban J connectivity index is 0.00000144. The number of nitrogens with one attached hydrogen (secondary N) is 1. The van der Waals surface area contributed by atoms with Crippen LogP contribution in [0.3, 0.4) is 0 Å². The van der Waals surface area contributed by atoms with Crippen molar-refractivity contribution in [2.75, 3.05) is 24.5 Å². The summed E-state index contributed by atoms with van der Waals surface area (Å²) in [6.07, 6.45) is 7.56. The van der Waals surface area contributed by atoms with Crippen LogP contribution in [0.4, 0.5) is 5.82 Å². The zero-order valence-corrected chi connectivity index (χ0v) is 15.6. The molecule has 2 heterocycles. The molecule has 1 aliphatic carbocycles. The van der Waals surface area contributed by atoms with Crippen LogP contribution in [0.5, 0.6) is 0 Å². The first kappa shape index (κ1) is 21.0. The van der Waals surface area contributed by atoms with Gasteiger partial charge in [-0.15, -0.1) is 24.8 Å². The van der Waals surface area contributed by atoms with Crippen LogP contribution in [0.2, 0.25) is 0 Å². The van der Waals surface area contributed by atoms with E-state index >= 15 is 0 Å². The van der Waals surface area contributed by atoms with E-state index in [2.05, 4.69) is 27.3 Å². The maximum atomic E-state index is 12.3. The number of carbonyl (C=O) groups is 1. The summed E-state index contributed by atoms with van der Waals surface area (Å²) in [6, 6.07) is 4.13. The zero-order valence-electron chi connectivity index (χ0n) is 13.9. The number of hydrogen-bond donors (Lipinski definition) is 2. The van der Waals surface area contributed by atoms with Crippen molar-refractivity contribution in [1.82, 2.24) is 10.3 Å². The van der Waals surface area contributed by atoms with Gasteiger partial charge < -0.3 is 16.0 Å². The van der Waals surface area contributed by atoms with E-state index in [0.29, 0.717) is 19.0 Å². The smallest absolute Gasteiger partial charge is 0.223 e. The highest BCUT2D eigenvalue weighted by molar-refractivity contribution is 5.85. The van der Waals surface area contributed by atoms with E-state index in [0.717, 1.165) is 43.7 Å². The van der Waals surface area contributed by atoms with Crippen LogP contribution in [0, 0.1) is 11.8 Å². The third-order valence-corrected chi connectivity index (χ3v) is 5.00. The fourth-order valence-electron chi connectivity index (χ4n) is 3.64. The molecule has 1 amide bonds. The Hall–Kier alpha value is -1.04. The van der Waals surface area contributed by atoms with Crippen molar-refractivity contribution in [3.05, 3.63) is 23.9 Å². The first-order valence-corrected chi connectivity index (χ1v) is 8.45. The summed E-state index contributed by atoms with van der Waals surface area (Å²) >= 11 is 0. The van der Waals surface area contributed by atoms with Gasteiger partial charge in [0.25, 0.3) is 0 Å². The Bertz CT molecular complexity index is 506. The highest BCUT2D eigenvalue weighted by Crippen LogP contribution is 2.31. The number of anilines is 1. The molecule has 1 aliphatic heterocycles. The molecule has 1 saturated carbocycles. The second kappa shape index (κ2) is 10.1. The molecule has 0 aromatic carbocycles. The van der Waals surface area contributed by atoms with E-state index in [1.807, 2.05) is 6.20 Å². The first-order chi connectivity index (χ1) is 10.8. The summed E-state index contributed by atoms with van der Waals surface area (Å²) in [6.45, 7) is 3.38. The Morgan fingerprint density at radius 1 is 1.21 bits per heavy atom. The molecule has 0 spiro atoms. The molecule has 7 heteroatoms. The van der Waals surface area contributed by atoms with Gasteiger partial charge in [0.15, 0.2) is 0 Å². The van der Waals surface area contributed by atoms with Crippen molar-refractivity contribution in [2.24, 2.45) is 17.6 Å². The standard InChI is InChI=1S/C17H26N4O.2ClH/c18-10-14-4-3-5-15(14)17(22)20-12-13-6-7-16(19-11-13)21-8-1-2-9-21;;/h6-7,11,14-15H,1-5,8-10,12,18H2,(H,20,22);2*1H/t14-,15-;;/m1../s1. The molecule has 136 valence electrons. The van der Waals surface area contributed by atoms with Crippen LogP contribution in [-0.2, 0) is 11.3 Å². The Morgan fingerprint density at radius 2 is 1.96 bits per heavy atom. The number of amides is 1. The Morgan fingerprint density at radius 3 is 2.58 bits per heavy atom. The number of halogens is 2. The van der Waals surface area contributed by atoms with Gasteiger partial charge in [0, 0.05) is 31.7 Å². The predicted octanol–water partition coefficient (Wildman–Crippen LogP) is 2.52. The molecule has 2 aliphatic rings. The van der Waals surface area contributed by atoms with E-state index in [1.54, 1.807) is 0 Å². The van der Waals surface area contributed by atoms with Crippen molar-refractivity contribution in [3.63, 3.8) is 0 Å². The molecule has 24 heavy (non-hydrogen) atoms. The molecule has 5 nitrogen and oxygen atoms in total. The number of pyridine rings is 1. The predicted molar refractivity (Wildman–Crippen MR) is 102 cm³/mol. The fourth-order valence-corrected chi connectivity index (χ4v) is 3.64. The highest BCUT2D eigenvalue weighted by atomic mass is 35.5. The van der Waals surface area contributed by atoms with E-state index in [-0.39, 0.29) is 36.6 Å². The van der Waals surface area contributed by atoms with Gasteiger partial charge >= 0.3 is 0 Å². The average molecular weight is 375 g/mol. The van der Waals surface area contributed by atoms with Crippen LogP contribution < -0.4 is 16.0 Å². The number of nitrogens with two attached hydrogens (primary N) is 1. The lowest BCUT2D eigenvalue weighted by Crippen LogP contribution is -2.34. The monoisotopic (exact) mass is 374 g/mol. The van der Waals surface area contributed by atoms with Gasteiger partial charge in [-0.1, -0.05) is 12.5 Å². The number of rotatable bonds is 5. The zero-order chi connectivity index (χ0) is 15.4. The maximum Gasteiger partial charge on any atom is 0.223 e. The van der Waals surface area contributed by atoms with Gasteiger partial charge in [-0.3, -0.25) is 4.79 Å². The van der Waals surface area contributed by atoms with Crippen molar-refractivity contribution >= 4 is 36.5 Å². The Labute approximate surface area is 156 Å². The van der Waals surface area contributed by atoms with Gasteiger partial charge in [-0.05, 0) is 49.8 Å². The first-order valence-electron chi connectivity index (χ1n) is 8.45. The highest BCUT2D eigenvalue weighted by Gasteiger charge is 2.31. The summed E-state index contributed by atoms with van der Waals surface area (Å²) in [5.74, 6) is 1.65. The van der Waals surface area contributed by atoms with Crippen LogP contribution >= 0.6 is 24.8 Å². The molecule has 2 fully saturated rings. The third-order valence-electron chi connectivity index (χ3n) is 5.00. The molecule has 1 aromatic rings. The lowest BCUT2D eigenvalue weighted by Gasteiger charge is -2.18. The summed E-state index contributed by atoms with van der Waals surface area (Å²) in [5, 5.41) is 3.05. The molecule has 3 rings (SSSR count). The fraction of sp³-hybridized carbons (Fsp3) is 0.647. The summed E-state index contributed by atoms with van der Waals surface area (Å²) in [4.78, 5) is 19.1. The van der Waals surface area contributed by atoms with Gasteiger partial charge in [-0.25, -0.2) is 4.98 Å². The topological polar surface area (TPSA) is 71.2 Å². The SMILES string of the molecule is Cl.Cl.NC[C@H]1CCC[C@H]1C(=O)NCc1ccc(N2CCCC2)nc1. The quantitative estimate of drug-likeness (QED) is 0.830. The lowest BCUT2D eigenvalue weighted by atomic mass is 9.95. The molecule has 0 bridgehead atoms. The molecular weight excluding hydrogens is 347 g/mol. The van der Waals surface area contributed by atoms with E-state index in [1.165, 1.54) is 12.8 Å². The largest absolute Gasteiger partial charge is 0.357 e. The van der Waals surface area contributed by atoms with Crippen molar-refractivity contribution in [1.29, 1.82) is 0 Å².